The van der Waals surface area contributed by atoms with Crippen LogP contribution >= 0.6 is 0 Å². The largest absolute Gasteiger partial charge is 0.462 e. The molecule has 1 aliphatic heterocycles. The molecule has 0 saturated carbocycles. The molecule has 200 valence electrons. The Labute approximate surface area is 232 Å². The summed E-state index contributed by atoms with van der Waals surface area (Å²) in [4.78, 5) is 28.2. The number of esters is 1. The van der Waals surface area contributed by atoms with Gasteiger partial charge in [-0.15, -0.1) is 0 Å². The molecule has 0 unspecified atom stereocenters. The van der Waals surface area contributed by atoms with E-state index in [1.807, 2.05) is 95.5 Å². The first-order valence-electron chi connectivity index (χ1n) is 13.3. The summed E-state index contributed by atoms with van der Waals surface area (Å²) >= 11 is 0. The summed E-state index contributed by atoms with van der Waals surface area (Å²) in [6, 6.07) is 30.2. The molecule has 8 heteroatoms. The number of nitrogens with zero attached hydrogens (tertiary/aromatic N) is 4. The molecule has 0 spiro atoms. The maximum atomic E-state index is 14.1. The fourth-order valence-corrected chi connectivity index (χ4v) is 5.27. The quantitative estimate of drug-likeness (QED) is 0.271. The molecule has 0 bridgehead atoms. The lowest BCUT2D eigenvalue weighted by Crippen LogP contribution is -2.38. The van der Waals surface area contributed by atoms with Crippen molar-refractivity contribution < 1.29 is 14.3 Å². The van der Waals surface area contributed by atoms with E-state index in [0.29, 0.717) is 17.8 Å². The minimum Gasteiger partial charge on any atom is -0.462 e. The first-order chi connectivity index (χ1) is 19.5. The lowest BCUT2D eigenvalue weighted by Gasteiger charge is -2.31. The van der Waals surface area contributed by atoms with Crippen LogP contribution in [0.4, 0.5) is 10.5 Å². The fraction of sp³-hybridized carbons (Fsp3) is 0.156. The number of ether oxygens (including phenoxy) is 1. The number of urea groups is 1. The number of fused-ring (bicyclic) bond motifs is 3. The Morgan fingerprint density at radius 2 is 1.70 bits per heavy atom. The number of anilines is 1. The Kier molecular flexibility index (Phi) is 6.66. The van der Waals surface area contributed by atoms with Gasteiger partial charge >= 0.3 is 12.0 Å². The van der Waals surface area contributed by atoms with E-state index in [9.17, 15) is 9.59 Å². The summed E-state index contributed by atoms with van der Waals surface area (Å²) in [5.74, 6) is 0.478. The Morgan fingerprint density at radius 1 is 0.950 bits per heavy atom. The molecule has 0 radical (unpaired) electrons. The summed E-state index contributed by atoms with van der Waals surface area (Å²) in [6.45, 7) is 4.35. The zero-order valence-corrected chi connectivity index (χ0v) is 22.3. The zero-order valence-electron chi connectivity index (χ0n) is 22.3. The Hall–Kier alpha value is -5.11. The molecule has 1 aliphatic rings. The van der Waals surface area contributed by atoms with Crippen LogP contribution in [0.3, 0.4) is 0 Å². The van der Waals surface area contributed by atoms with Crippen molar-refractivity contribution in [3.63, 3.8) is 0 Å². The molecule has 5 aromatic rings. The van der Waals surface area contributed by atoms with E-state index in [1.54, 1.807) is 31.2 Å². The Balaban J connectivity index is 1.46. The molecule has 8 nitrogen and oxygen atoms in total. The number of carbonyl (C=O) groups excluding carboxylic acids is 2. The number of para-hydroxylation sites is 1. The molecule has 1 atom stereocenters. The number of nitrogens with one attached hydrogen (secondary N) is 1. The molecule has 6 rings (SSSR count). The smallest absolute Gasteiger partial charge is 0.338 e. The number of hydrogen-bond donors (Lipinski definition) is 1. The number of aromatic nitrogens is 3. The van der Waals surface area contributed by atoms with Crippen molar-refractivity contribution >= 4 is 17.7 Å². The van der Waals surface area contributed by atoms with Crippen LogP contribution < -0.4 is 5.32 Å². The van der Waals surface area contributed by atoms with Crippen LogP contribution in [-0.2, 0) is 11.3 Å². The predicted octanol–water partition coefficient (Wildman–Crippen LogP) is 6.29. The van der Waals surface area contributed by atoms with Gasteiger partial charge in [-0.1, -0.05) is 54.6 Å². The van der Waals surface area contributed by atoms with E-state index in [-0.39, 0.29) is 18.7 Å². The number of hydrogen-bond acceptors (Lipinski definition) is 4. The number of benzene rings is 3. The van der Waals surface area contributed by atoms with Crippen molar-refractivity contribution in [3.8, 4) is 11.5 Å². The Morgan fingerprint density at radius 3 is 2.45 bits per heavy atom. The summed E-state index contributed by atoms with van der Waals surface area (Å²) < 4.78 is 9.22. The molecule has 3 heterocycles. The van der Waals surface area contributed by atoms with Gasteiger partial charge in [0.15, 0.2) is 0 Å². The highest BCUT2D eigenvalue weighted by Gasteiger charge is 2.36. The first kappa shape index (κ1) is 25.2. The van der Waals surface area contributed by atoms with Crippen molar-refractivity contribution in [2.45, 2.75) is 26.4 Å². The van der Waals surface area contributed by atoms with E-state index >= 15 is 0 Å². The third-order valence-electron chi connectivity index (χ3n) is 7.09. The van der Waals surface area contributed by atoms with E-state index in [2.05, 4.69) is 9.88 Å². The van der Waals surface area contributed by atoms with Crippen LogP contribution in [-0.4, -0.2) is 37.9 Å². The van der Waals surface area contributed by atoms with Crippen LogP contribution in [0.1, 0.15) is 45.8 Å². The van der Waals surface area contributed by atoms with Gasteiger partial charge in [0, 0.05) is 17.4 Å². The average Bonchev–Trinajstić information content (AvgIpc) is 3.54. The Bertz CT molecular complexity index is 1670. The maximum absolute atomic E-state index is 14.1. The van der Waals surface area contributed by atoms with Crippen molar-refractivity contribution in [3.05, 3.63) is 131 Å². The molecule has 0 saturated heterocycles. The zero-order chi connectivity index (χ0) is 27.6. The molecule has 40 heavy (non-hydrogen) atoms. The topological polar surface area (TPSA) is 81.4 Å². The van der Waals surface area contributed by atoms with Crippen LogP contribution in [0.25, 0.3) is 11.5 Å². The van der Waals surface area contributed by atoms with Crippen LogP contribution in [0.5, 0.6) is 0 Å². The van der Waals surface area contributed by atoms with Crippen LogP contribution in [0.15, 0.2) is 103 Å². The average molecular weight is 532 g/mol. The lowest BCUT2D eigenvalue weighted by atomic mass is 10.0. The normalized spacial score (nSPS) is 14.2. The number of rotatable bonds is 5. The highest BCUT2D eigenvalue weighted by molar-refractivity contribution is 5.94. The first-order valence-corrected chi connectivity index (χ1v) is 13.3. The molecule has 0 fully saturated rings. The number of amides is 2. The highest BCUT2D eigenvalue weighted by Crippen LogP contribution is 2.38. The second-order valence-corrected chi connectivity index (χ2v) is 9.61. The van der Waals surface area contributed by atoms with E-state index in [4.69, 9.17) is 9.84 Å². The van der Waals surface area contributed by atoms with Gasteiger partial charge in [-0.25, -0.2) is 14.3 Å². The van der Waals surface area contributed by atoms with Gasteiger partial charge < -0.3 is 19.5 Å². The fourth-order valence-electron chi connectivity index (χ4n) is 5.27. The standard InChI is InChI=1S/C32H29N5O3/c1-3-40-31(38)24-14-10-15-25(20-24)33-32(39)36-21-27-22(2)34-37(26-16-8-5-9-17-26)30(27)35-19-11-18-28(35)29(36)23-12-6-4-7-13-23/h4-20,29H,3,21H2,1-2H3,(H,33,39)/t29-/m1/s1. The molecule has 0 aliphatic carbocycles. The molecule has 3 aromatic carbocycles. The molecule has 1 N–H and O–H groups in total. The predicted molar refractivity (Wildman–Crippen MR) is 153 cm³/mol. The molecule has 2 amide bonds. The minimum atomic E-state index is -0.429. The van der Waals surface area contributed by atoms with Gasteiger partial charge in [0.2, 0.25) is 0 Å². The second-order valence-electron chi connectivity index (χ2n) is 9.61. The molecule has 2 aromatic heterocycles. The van der Waals surface area contributed by atoms with Crippen LogP contribution in [0, 0.1) is 6.92 Å². The summed E-state index contributed by atoms with van der Waals surface area (Å²) in [6.07, 6.45) is 2.02. The van der Waals surface area contributed by atoms with E-state index in [0.717, 1.165) is 34.0 Å². The third kappa shape index (κ3) is 4.53. The second kappa shape index (κ2) is 10.6. The van der Waals surface area contributed by atoms with Gasteiger partial charge in [0.25, 0.3) is 0 Å². The van der Waals surface area contributed by atoms with Crippen molar-refractivity contribution in [1.29, 1.82) is 0 Å². The SMILES string of the molecule is CCOC(=O)c1cccc(NC(=O)N2Cc3c(C)nn(-c4ccccc4)c3-n3cccc3[C@H]2c2ccccc2)c1. The number of carbonyl (C=O) groups is 2. The van der Waals surface area contributed by atoms with Gasteiger partial charge in [0.1, 0.15) is 5.82 Å². The van der Waals surface area contributed by atoms with Crippen LogP contribution in [0.2, 0.25) is 0 Å². The monoisotopic (exact) mass is 531 g/mol. The van der Waals surface area contributed by atoms with E-state index < -0.39 is 5.97 Å². The minimum absolute atomic E-state index is 0.278. The third-order valence-corrected chi connectivity index (χ3v) is 7.09. The van der Waals surface area contributed by atoms with Crippen molar-refractivity contribution in [1.82, 2.24) is 19.2 Å². The summed E-state index contributed by atoms with van der Waals surface area (Å²) in [5, 5.41) is 7.92. The summed E-state index contributed by atoms with van der Waals surface area (Å²) in [7, 11) is 0. The van der Waals surface area contributed by atoms with Gasteiger partial charge in [-0.05, 0) is 61.9 Å². The van der Waals surface area contributed by atoms with Gasteiger partial charge in [0.05, 0.1) is 41.8 Å². The maximum Gasteiger partial charge on any atom is 0.338 e. The van der Waals surface area contributed by atoms with Gasteiger partial charge in [-0.2, -0.15) is 5.10 Å². The van der Waals surface area contributed by atoms with Gasteiger partial charge in [-0.3, -0.25) is 0 Å². The van der Waals surface area contributed by atoms with Crippen molar-refractivity contribution in [2.75, 3.05) is 11.9 Å². The highest BCUT2D eigenvalue weighted by atomic mass is 16.5. The number of aryl methyl sites for hydroxylation is 1. The molecular weight excluding hydrogens is 502 g/mol. The van der Waals surface area contributed by atoms with Crippen molar-refractivity contribution in [2.24, 2.45) is 0 Å². The van der Waals surface area contributed by atoms with E-state index in [1.165, 1.54) is 0 Å². The lowest BCUT2D eigenvalue weighted by molar-refractivity contribution is 0.0526. The summed E-state index contributed by atoms with van der Waals surface area (Å²) in [5.41, 5.74) is 5.56. The molecular formula is C32H29N5O3.